The van der Waals surface area contributed by atoms with Crippen molar-refractivity contribution in [2.24, 2.45) is 0 Å². The number of carbonyl (C=O) groups excluding carboxylic acids is 2. The summed E-state index contributed by atoms with van der Waals surface area (Å²) in [6, 6.07) is 8.19. The van der Waals surface area contributed by atoms with Crippen LogP contribution in [-0.4, -0.2) is 30.6 Å². The van der Waals surface area contributed by atoms with Crippen LogP contribution in [0.25, 0.3) is 0 Å². The van der Waals surface area contributed by atoms with E-state index in [-0.39, 0.29) is 10.7 Å². The molecule has 1 heterocycles. The highest BCUT2D eigenvalue weighted by molar-refractivity contribution is 6.29. The summed E-state index contributed by atoms with van der Waals surface area (Å²) in [5, 5.41) is 2.82. The number of carbonyl (C=O) groups is 2. The molecule has 2 rings (SSSR count). The summed E-state index contributed by atoms with van der Waals surface area (Å²) in [6.07, 6.45) is 1.39. The van der Waals surface area contributed by atoms with Gasteiger partial charge in [-0.2, -0.15) is 0 Å². The molecule has 1 amide bonds. The standard InChI is InChI=1S/C16H15ClN2O4/c1-10-3-4-13(22-2)12(7-10)19-15(20)9-23-16(21)11-5-6-18-14(17)8-11/h3-8H,9H2,1-2H3,(H,19,20). The van der Waals surface area contributed by atoms with E-state index in [1.54, 1.807) is 12.1 Å². The second kappa shape index (κ2) is 7.60. The first-order chi connectivity index (χ1) is 11.0. The molecule has 7 heteroatoms. The Hall–Kier alpha value is -2.60. The van der Waals surface area contributed by atoms with E-state index in [4.69, 9.17) is 21.1 Å². The number of ether oxygens (including phenoxy) is 2. The number of rotatable bonds is 5. The number of nitrogens with zero attached hydrogens (tertiary/aromatic N) is 1. The lowest BCUT2D eigenvalue weighted by Gasteiger charge is -2.11. The summed E-state index contributed by atoms with van der Waals surface area (Å²) >= 11 is 5.70. The highest BCUT2D eigenvalue weighted by Crippen LogP contribution is 2.25. The highest BCUT2D eigenvalue weighted by atomic mass is 35.5. The van der Waals surface area contributed by atoms with Gasteiger partial charge in [-0.3, -0.25) is 4.79 Å². The normalized spacial score (nSPS) is 10.0. The number of aryl methyl sites for hydroxylation is 1. The van der Waals surface area contributed by atoms with Crippen LogP contribution in [0.2, 0.25) is 5.15 Å². The zero-order chi connectivity index (χ0) is 16.8. The summed E-state index contributed by atoms with van der Waals surface area (Å²) in [5.74, 6) is -0.598. The van der Waals surface area contributed by atoms with Gasteiger partial charge >= 0.3 is 5.97 Å². The van der Waals surface area contributed by atoms with Crippen LogP contribution in [0.3, 0.4) is 0 Å². The number of esters is 1. The van der Waals surface area contributed by atoms with Crippen LogP contribution in [-0.2, 0) is 9.53 Å². The van der Waals surface area contributed by atoms with E-state index in [0.29, 0.717) is 11.4 Å². The summed E-state index contributed by atoms with van der Waals surface area (Å²) in [6.45, 7) is 1.47. The number of hydrogen-bond donors (Lipinski definition) is 1. The molecule has 0 spiro atoms. The molecule has 0 unspecified atom stereocenters. The van der Waals surface area contributed by atoms with E-state index in [9.17, 15) is 9.59 Å². The highest BCUT2D eigenvalue weighted by Gasteiger charge is 2.12. The van der Waals surface area contributed by atoms with E-state index in [2.05, 4.69) is 10.3 Å². The number of pyridine rings is 1. The van der Waals surface area contributed by atoms with Crippen LogP contribution in [0.15, 0.2) is 36.5 Å². The Labute approximate surface area is 138 Å². The molecule has 6 nitrogen and oxygen atoms in total. The van der Waals surface area contributed by atoms with Gasteiger partial charge in [0, 0.05) is 6.20 Å². The fraction of sp³-hybridized carbons (Fsp3) is 0.188. The Morgan fingerprint density at radius 2 is 2.04 bits per heavy atom. The lowest BCUT2D eigenvalue weighted by atomic mass is 10.2. The predicted octanol–water partition coefficient (Wildman–Crippen LogP) is 2.85. The third-order valence-electron chi connectivity index (χ3n) is 2.93. The molecule has 0 radical (unpaired) electrons. The Kier molecular flexibility index (Phi) is 5.54. The van der Waals surface area contributed by atoms with Crippen LogP contribution in [0.1, 0.15) is 15.9 Å². The third kappa shape index (κ3) is 4.69. The first kappa shape index (κ1) is 16.8. The third-order valence-corrected chi connectivity index (χ3v) is 3.13. The number of benzene rings is 1. The van der Waals surface area contributed by atoms with Crippen molar-refractivity contribution < 1.29 is 19.1 Å². The molecular weight excluding hydrogens is 320 g/mol. The number of methoxy groups -OCH3 is 1. The second-order valence-corrected chi connectivity index (χ2v) is 5.08. The van der Waals surface area contributed by atoms with Crippen molar-refractivity contribution in [3.05, 3.63) is 52.8 Å². The average molecular weight is 335 g/mol. The van der Waals surface area contributed by atoms with Gasteiger partial charge in [-0.25, -0.2) is 9.78 Å². The van der Waals surface area contributed by atoms with Crippen molar-refractivity contribution >= 4 is 29.2 Å². The molecule has 1 aromatic carbocycles. The molecular formula is C16H15ClN2O4. The quantitative estimate of drug-likeness (QED) is 0.672. The minimum Gasteiger partial charge on any atom is -0.495 e. The molecule has 120 valence electrons. The molecule has 0 aliphatic carbocycles. The van der Waals surface area contributed by atoms with Crippen LogP contribution in [0, 0.1) is 6.92 Å². The van der Waals surface area contributed by atoms with Gasteiger partial charge in [0.05, 0.1) is 18.4 Å². The van der Waals surface area contributed by atoms with Gasteiger partial charge in [-0.05, 0) is 36.8 Å². The number of hydrogen-bond acceptors (Lipinski definition) is 5. The molecule has 0 atom stereocenters. The molecule has 1 aromatic heterocycles. The Morgan fingerprint density at radius 1 is 1.26 bits per heavy atom. The van der Waals surface area contributed by atoms with Gasteiger partial charge < -0.3 is 14.8 Å². The number of halogens is 1. The second-order valence-electron chi connectivity index (χ2n) is 4.70. The fourth-order valence-electron chi connectivity index (χ4n) is 1.85. The van der Waals surface area contributed by atoms with E-state index in [0.717, 1.165) is 5.56 Å². The number of amides is 1. The summed E-state index contributed by atoms with van der Waals surface area (Å²) < 4.78 is 10.1. The average Bonchev–Trinajstić information content (AvgIpc) is 2.53. The monoisotopic (exact) mass is 334 g/mol. The maximum atomic E-state index is 11.9. The summed E-state index contributed by atoms with van der Waals surface area (Å²) in [4.78, 5) is 27.5. The number of aromatic nitrogens is 1. The van der Waals surface area contributed by atoms with Crippen LogP contribution >= 0.6 is 11.6 Å². The molecule has 0 saturated carbocycles. The molecule has 0 aliphatic rings. The number of anilines is 1. The molecule has 0 saturated heterocycles. The number of nitrogens with one attached hydrogen (secondary N) is 1. The van der Waals surface area contributed by atoms with Gasteiger partial charge in [-0.1, -0.05) is 17.7 Å². The van der Waals surface area contributed by atoms with Gasteiger partial charge in [0.15, 0.2) is 6.61 Å². The topological polar surface area (TPSA) is 77.5 Å². The molecule has 1 N–H and O–H groups in total. The van der Waals surface area contributed by atoms with Gasteiger partial charge in [0.1, 0.15) is 10.9 Å². The van der Waals surface area contributed by atoms with Crippen LogP contribution in [0.5, 0.6) is 5.75 Å². The maximum absolute atomic E-state index is 11.9. The predicted molar refractivity (Wildman–Crippen MR) is 85.9 cm³/mol. The molecule has 0 bridgehead atoms. The van der Waals surface area contributed by atoms with Crippen molar-refractivity contribution in [1.82, 2.24) is 4.98 Å². The summed E-state index contributed by atoms with van der Waals surface area (Å²) in [5.41, 5.74) is 1.70. The zero-order valence-electron chi connectivity index (χ0n) is 12.6. The smallest absolute Gasteiger partial charge is 0.338 e. The Bertz CT molecular complexity index is 734. The minimum atomic E-state index is -0.652. The molecule has 23 heavy (non-hydrogen) atoms. The van der Waals surface area contributed by atoms with Crippen molar-refractivity contribution in [1.29, 1.82) is 0 Å². The largest absolute Gasteiger partial charge is 0.495 e. The Morgan fingerprint density at radius 3 is 2.74 bits per heavy atom. The van der Waals surface area contributed by atoms with E-state index < -0.39 is 18.5 Å². The van der Waals surface area contributed by atoms with E-state index in [1.807, 2.05) is 13.0 Å². The first-order valence-electron chi connectivity index (χ1n) is 6.73. The van der Waals surface area contributed by atoms with Gasteiger partial charge in [0.2, 0.25) is 0 Å². The van der Waals surface area contributed by atoms with E-state index >= 15 is 0 Å². The van der Waals surface area contributed by atoms with Gasteiger partial charge in [-0.15, -0.1) is 0 Å². The molecule has 0 fully saturated rings. The summed E-state index contributed by atoms with van der Waals surface area (Å²) in [7, 11) is 1.51. The molecule has 0 aliphatic heterocycles. The lowest BCUT2D eigenvalue weighted by Crippen LogP contribution is -2.21. The van der Waals surface area contributed by atoms with E-state index in [1.165, 1.54) is 25.4 Å². The van der Waals surface area contributed by atoms with Crippen molar-refractivity contribution in [3.63, 3.8) is 0 Å². The van der Waals surface area contributed by atoms with Gasteiger partial charge in [0.25, 0.3) is 5.91 Å². The Balaban J connectivity index is 1.95. The SMILES string of the molecule is COc1ccc(C)cc1NC(=O)COC(=O)c1ccnc(Cl)c1. The molecule has 2 aromatic rings. The zero-order valence-corrected chi connectivity index (χ0v) is 13.4. The lowest BCUT2D eigenvalue weighted by molar-refractivity contribution is -0.119. The first-order valence-corrected chi connectivity index (χ1v) is 7.10. The van der Waals surface area contributed by atoms with Crippen molar-refractivity contribution in [2.45, 2.75) is 6.92 Å². The fourth-order valence-corrected chi connectivity index (χ4v) is 2.02. The maximum Gasteiger partial charge on any atom is 0.338 e. The van der Waals surface area contributed by atoms with Crippen LogP contribution in [0.4, 0.5) is 5.69 Å². The minimum absolute atomic E-state index is 0.174. The van der Waals surface area contributed by atoms with Crippen molar-refractivity contribution in [3.8, 4) is 5.75 Å². The van der Waals surface area contributed by atoms with Crippen LogP contribution < -0.4 is 10.1 Å². The van der Waals surface area contributed by atoms with Crippen molar-refractivity contribution in [2.75, 3.05) is 19.0 Å².